The van der Waals surface area contributed by atoms with Gasteiger partial charge in [-0.05, 0) is 18.6 Å². The molecule has 6 heteroatoms. The Bertz CT molecular complexity index is 870. The minimum absolute atomic E-state index is 0. The van der Waals surface area contributed by atoms with E-state index < -0.39 is 10.1 Å². The van der Waals surface area contributed by atoms with E-state index in [1.165, 1.54) is 6.07 Å². The first-order chi connectivity index (χ1) is 9.23. The summed E-state index contributed by atoms with van der Waals surface area (Å²) in [4.78, 5) is 4.52. The zero-order chi connectivity index (χ0) is 14.7. The third-order valence-corrected chi connectivity index (χ3v) is 5.04. The number of fused-ring (bicyclic) bond motifs is 3. The Labute approximate surface area is 166 Å². The number of benzene rings is 2. The summed E-state index contributed by atoms with van der Waals surface area (Å²) in [5, 5.41) is 1.26. The van der Waals surface area contributed by atoms with Gasteiger partial charge in [0.15, 0.2) is 0 Å². The first-order valence-electron chi connectivity index (χ1n) is 6.32. The van der Waals surface area contributed by atoms with Crippen molar-refractivity contribution in [2.75, 3.05) is 0 Å². The molecular formula is C15H15KNO3S. The maximum atomic E-state index is 11.5. The van der Waals surface area contributed by atoms with Gasteiger partial charge in [-0.1, -0.05) is 38.1 Å². The molecule has 0 amide bonds. The Morgan fingerprint density at radius 3 is 2.38 bits per heavy atom. The Morgan fingerprint density at radius 2 is 1.76 bits per heavy atom. The van der Waals surface area contributed by atoms with E-state index in [2.05, 4.69) is 18.8 Å². The summed E-state index contributed by atoms with van der Waals surface area (Å²) in [6.45, 7) is 6.16. The van der Waals surface area contributed by atoms with E-state index in [0.29, 0.717) is 5.39 Å². The van der Waals surface area contributed by atoms with Gasteiger partial charge in [-0.2, -0.15) is 8.42 Å². The van der Waals surface area contributed by atoms with Crippen molar-refractivity contribution in [2.45, 2.75) is 31.1 Å². The minimum Gasteiger partial charge on any atom is -0.282 e. The van der Waals surface area contributed by atoms with Crippen molar-refractivity contribution in [3.8, 4) is 0 Å². The van der Waals surface area contributed by atoms with Crippen LogP contribution in [0.3, 0.4) is 0 Å². The van der Waals surface area contributed by atoms with E-state index in [0.717, 1.165) is 22.3 Å². The van der Waals surface area contributed by atoms with Crippen LogP contribution in [-0.4, -0.2) is 70.1 Å². The number of hydrogen-bond acceptors (Lipinski definition) is 3. The standard InChI is InChI=1S/C15H15NO3S.K/c1-9-15(2,3)12-8-7-10-11(14(12)16-9)5-4-6-13(10)20(17,18)19;/h4-8H,1-3H3,(H,17,18,19);. The average molecular weight is 328 g/mol. The molecule has 4 nitrogen and oxygen atoms in total. The summed E-state index contributed by atoms with van der Waals surface area (Å²) < 4.78 is 32.2. The van der Waals surface area contributed by atoms with Gasteiger partial charge in [0.05, 0.1) is 5.69 Å². The number of nitrogens with zero attached hydrogens (tertiary/aromatic N) is 1. The van der Waals surface area contributed by atoms with Crippen LogP contribution in [0.2, 0.25) is 0 Å². The molecule has 3 rings (SSSR count). The van der Waals surface area contributed by atoms with E-state index in [1.807, 2.05) is 19.1 Å². The molecule has 21 heavy (non-hydrogen) atoms. The normalized spacial score (nSPS) is 16.3. The smallest absolute Gasteiger partial charge is 0.282 e. The van der Waals surface area contributed by atoms with Crippen LogP contribution in [0.5, 0.6) is 0 Å². The van der Waals surface area contributed by atoms with Gasteiger partial charge in [-0.3, -0.25) is 9.55 Å². The third-order valence-electron chi connectivity index (χ3n) is 4.13. The molecule has 1 N–H and O–H groups in total. The molecule has 2 aromatic rings. The summed E-state index contributed by atoms with van der Waals surface area (Å²) in [5.74, 6) is 0. The molecule has 1 aliphatic rings. The van der Waals surface area contributed by atoms with Gasteiger partial charge < -0.3 is 0 Å². The first-order valence-corrected chi connectivity index (χ1v) is 7.76. The van der Waals surface area contributed by atoms with Crippen LogP contribution in [-0.2, 0) is 15.5 Å². The maximum Gasteiger partial charge on any atom is 0.295 e. The van der Waals surface area contributed by atoms with Gasteiger partial charge >= 0.3 is 0 Å². The van der Waals surface area contributed by atoms with Gasteiger partial charge in [0.1, 0.15) is 4.90 Å². The molecule has 0 atom stereocenters. The molecule has 0 saturated carbocycles. The van der Waals surface area contributed by atoms with E-state index in [4.69, 9.17) is 0 Å². The topological polar surface area (TPSA) is 66.7 Å². The average Bonchev–Trinajstić information content (AvgIpc) is 2.59. The van der Waals surface area contributed by atoms with Gasteiger partial charge in [0, 0.05) is 73.3 Å². The molecule has 0 fully saturated rings. The van der Waals surface area contributed by atoms with Crippen LogP contribution in [0, 0.1) is 0 Å². The molecule has 0 spiro atoms. The van der Waals surface area contributed by atoms with Gasteiger partial charge in [0.2, 0.25) is 0 Å². The Balaban J connectivity index is 0.00000161. The van der Waals surface area contributed by atoms with Crippen molar-refractivity contribution in [1.29, 1.82) is 0 Å². The van der Waals surface area contributed by atoms with Crippen LogP contribution in [0.25, 0.3) is 10.8 Å². The van der Waals surface area contributed by atoms with Gasteiger partial charge in [-0.15, -0.1) is 0 Å². The van der Waals surface area contributed by atoms with Crippen LogP contribution in [0.15, 0.2) is 40.2 Å². The number of aliphatic imine (C=N–C) groups is 1. The molecule has 0 bridgehead atoms. The second-order valence-electron chi connectivity index (χ2n) is 5.61. The second kappa shape index (κ2) is 5.52. The molecule has 0 aromatic heterocycles. The summed E-state index contributed by atoms with van der Waals surface area (Å²) in [6.07, 6.45) is 0. The fourth-order valence-corrected chi connectivity index (χ4v) is 3.37. The fraction of sp³-hybridized carbons (Fsp3) is 0.267. The van der Waals surface area contributed by atoms with Crippen LogP contribution in [0.1, 0.15) is 26.3 Å². The summed E-state index contributed by atoms with van der Waals surface area (Å²) >= 11 is 0. The minimum atomic E-state index is -4.24. The summed E-state index contributed by atoms with van der Waals surface area (Å²) in [7, 11) is -4.24. The molecule has 1 heterocycles. The van der Waals surface area contributed by atoms with Crippen molar-refractivity contribution < 1.29 is 13.0 Å². The van der Waals surface area contributed by atoms with E-state index in [-0.39, 0.29) is 61.7 Å². The number of rotatable bonds is 1. The summed E-state index contributed by atoms with van der Waals surface area (Å²) in [6, 6.07) is 8.50. The quantitative estimate of drug-likeness (QED) is 0.646. The zero-order valence-electron chi connectivity index (χ0n) is 12.5. The first kappa shape index (κ1) is 17.3. The summed E-state index contributed by atoms with van der Waals surface area (Å²) in [5.41, 5.74) is 2.72. The van der Waals surface area contributed by atoms with Crippen molar-refractivity contribution in [3.63, 3.8) is 0 Å². The second-order valence-corrected chi connectivity index (χ2v) is 7.00. The monoisotopic (exact) mass is 328 g/mol. The largest absolute Gasteiger partial charge is 0.295 e. The van der Waals surface area contributed by atoms with Crippen molar-refractivity contribution in [1.82, 2.24) is 0 Å². The maximum absolute atomic E-state index is 11.5. The zero-order valence-corrected chi connectivity index (χ0v) is 16.4. The molecule has 0 aliphatic carbocycles. The van der Waals surface area contributed by atoms with Crippen molar-refractivity contribution >= 4 is 83.7 Å². The predicted molar refractivity (Wildman–Crippen MR) is 85.3 cm³/mol. The van der Waals surface area contributed by atoms with E-state index in [1.54, 1.807) is 12.1 Å². The molecular weight excluding hydrogens is 313 g/mol. The molecule has 105 valence electrons. The van der Waals surface area contributed by atoms with E-state index >= 15 is 0 Å². The van der Waals surface area contributed by atoms with Crippen molar-refractivity contribution in [2.24, 2.45) is 4.99 Å². The van der Waals surface area contributed by atoms with Gasteiger partial charge in [0.25, 0.3) is 10.1 Å². The molecule has 1 aliphatic heterocycles. The Kier molecular flexibility index (Phi) is 4.54. The van der Waals surface area contributed by atoms with Gasteiger partial charge in [-0.25, -0.2) is 0 Å². The molecule has 1 radical (unpaired) electrons. The molecule has 0 unspecified atom stereocenters. The van der Waals surface area contributed by atoms with Crippen molar-refractivity contribution in [3.05, 3.63) is 35.9 Å². The Morgan fingerprint density at radius 1 is 1.10 bits per heavy atom. The van der Waals surface area contributed by atoms with Crippen LogP contribution < -0.4 is 0 Å². The Hall–Kier alpha value is -0.0836. The molecule has 2 aromatic carbocycles. The molecule has 0 saturated heterocycles. The van der Waals surface area contributed by atoms with Crippen LogP contribution >= 0.6 is 0 Å². The van der Waals surface area contributed by atoms with E-state index in [9.17, 15) is 13.0 Å². The fourth-order valence-electron chi connectivity index (χ4n) is 2.67. The third kappa shape index (κ3) is 2.67. The predicted octanol–water partition coefficient (Wildman–Crippen LogP) is 3.09. The van der Waals surface area contributed by atoms with Crippen LogP contribution in [0.4, 0.5) is 5.69 Å². The number of hydrogen-bond donors (Lipinski definition) is 1. The SMILES string of the molecule is CC1=Nc2c(ccc3c(S(=O)(=O)O)cccc23)C1(C)C.[K].